The summed E-state index contributed by atoms with van der Waals surface area (Å²) >= 11 is 0. The van der Waals surface area contributed by atoms with Crippen molar-refractivity contribution >= 4 is 5.91 Å². The van der Waals surface area contributed by atoms with Crippen molar-refractivity contribution in [2.45, 2.75) is 39.8 Å². The van der Waals surface area contributed by atoms with Gasteiger partial charge in [-0.1, -0.05) is 26.8 Å². The molecule has 0 aromatic carbocycles. The van der Waals surface area contributed by atoms with Crippen LogP contribution in [-0.2, 0) is 4.79 Å². The number of pyridine rings is 1. The second-order valence-electron chi connectivity index (χ2n) is 5.36. The maximum Gasteiger partial charge on any atom is 0.237 e. The zero-order valence-electron chi connectivity index (χ0n) is 10.9. The lowest BCUT2D eigenvalue weighted by Gasteiger charge is -2.27. The molecule has 1 rings (SSSR count). The molecule has 0 aliphatic rings. The summed E-state index contributed by atoms with van der Waals surface area (Å²) in [5.41, 5.74) is 6.63. The van der Waals surface area contributed by atoms with Gasteiger partial charge in [-0.05, 0) is 24.0 Å². The summed E-state index contributed by atoms with van der Waals surface area (Å²) in [7, 11) is 0. The van der Waals surface area contributed by atoms with Crippen LogP contribution in [0.3, 0.4) is 0 Å². The van der Waals surface area contributed by atoms with Crippen LogP contribution in [-0.4, -0.2) is 16.9 Å². The predicted octanol–water partition coefficient (Wildman–Crippen LogP) is 1.63. The largest absolute Gasteiger partial charge is 0.348 e. The molecule has 0 saturated heterocycles. The maximum atomic E-state index is 11.9. The molecule has 4 heteroatoms. The first-order valence-electron chi connectivity index (χ1n) is 5.78. The van der Waals surface area contributed by atoms with E-state index in [4.69, 9.17) is 5.73 Å². The Morgan fingerprint density at radius 3 is 2.59 bits per heavy atom. The summed E-state index contributed by atoms with van der Waals surface area (Å²) in [6.07, 6.45) is 3.45. The van der Waals surface area contributed by atoms with Crippen molar-refractivity contribution in [2.75, 3.05) is 0 Å². The molecule has 1 aromatic rings. The van der Waals surface area contributed by atoms with Crippen LogP contribution in [0, 0.1) is 5.41 Å². The molecule has 0 radical (unpaired) electrons. The third-order valence-electron chi connectivity index (χ3n) is 2.76. The highest BCUT2D eigenvalue weighted by Gasteiger charge is 2.28. The van der Waals surface area contributed by atoms with Gasteiger partial charge in [0.05, 0.1) is 12.1 Å². The first-order chi connectivity index (χ1) is 7.82. The molecule has 0 bridgehead atoms. The first-order valence-corrected chi connectivity index (χ1v) is 5.78. The third kappa shape index (κ3) is 3.82. The van der Waals surface area contributed by atoms with Gasteiger partial charge in [0, 0.05) is 12.4 Å². The van der Waals surface area contributed by atoms with Gasteiger partial charge in [-0.25, -0.2) is 0 Å². The van der Waals surface area contributed by atoms with Gasteiger partial charge in [0.15, 0.2) is 0 Å². The van der Waals surface area contributed by atoms with E-state index in [1.54, 1.807) is 12.4 Å². The van der Waals surface area contributed by atoms with Crippen molar-refractivity contribution in [3.8, 4) is 0 Å². The van der Waals surface area contributed by atoms with Crippen molar-refractivity contribution in [2.24, 2.45) is 11.1 Å². The number of nitrogens with two attached hydrogens (primary N) is 1. The van der Waals surface area contributed by atoms with Crippen LogP contribution in [0.15, 0.2) is 24.5 Å². The molecule has 94 valence electrons. The summed E-state index contributed by atoms with van der Waals surface area (Å²) < 4.78 is 0. The summed E-state index contributed by atoms with van der Waals surface area (Å²) in [6.45, 7) is 7.77. The Hall–Kier alpha value is -1.42. The number of hydrogen-bond donors (Lipinski definition) is 2. The number of nitrogens with one attached hydrogen (secondary N) is 1. The molecule has 4 nitrogen and oxygen atoms in total. The molecule has 1 amide bonds. The zero-order valence-corrected chi connectivity index (χ0v) is 10.9. The molecule has 3 N–H and O–H groups in total. The fourth-order valence-electron chi connectivity index (χ4n) is 1.41. The van der Waals surface area contributed by atoms with E-state index in [0.29, 0.717) is 0 Å². The van der Waals surface area contributed by atoms with Gasteiger partial charge in [0.1, 0.15) is 0 Å². The van der Waals surface area contributed by atoms with Gasteiger partial charge in [0.2, 0.25) is 5.91 Å². The van der Waals surface area contributed by atoms with E-state index in [2.05, 4.69) is 10.3 Å². The van der Waals surface area contributed by atoms with Gasteiger partial charge >= 0.3 is 0 Å². The minimum absolute atomic E-state index is 0.0791. The predicted molar refractivity (Wildman–Crippen MR) is 68.2 cm³/mol. The van der Waals surface area contributed by atoms with Crippen molar-refractivity contribution in [3.05, 3.63) is 30.1 Å². The Labute approximate surface area is 103 Å². The number of aromatic nitrogens is 1. The van der Waals surface area contributed by atoms with Crippen LogP contribution in [0.5, 0.6) is 0 Å². The van der Waals surface area contributed by atoms with Gasteiger partial charge < -0.3 is 11.1 Å². The van der Waals surface area contributed by atoms with Crippen LogP contribution in [0.2, 0.25) is 0 Å². The Balaban J connectivity index is 2.64. The Morgan fingerprint density at radius 2 is 2.12 bits per heavy atom. The number of hydrogen-bond acceptors (Lipinski definition) is 3. The van der Waals surface area contributed by atoms with Crippen molar-refractivity contribution < 1.29 is 4.79 Å². The van der Waals surface area contributed by atoms with Crippen LogP contribution in [0.4, 0.5) is 0 Å². The fraction of sp³-hybridized carbons (Fsp3) is 0.538. The van der Waals surface area contributed by atoms with Gasteiger partial charge in [-0.15, -0.1) is 0 Å². The van der Waals surface area contributed by atoms with E-state index < -0.39 is 6.04 Å². The lowest BCUT2D eigenvalue weighted by atomic mass is 9.87. The lowest BCUT2D eigenvalue weighted by molar-refractivity contribution is -0.125. The summed E-state index contributed by atoms with van der Waals surface area (Å²) in [5, 5.41) is 2.90. The average molecular weight is 235 g/mol. The highest BCUT2D eigenvalue weighted by atomic mass is 16.2. The summed E-state index contributed by atoms with van der Waals surface area (Å²) in [6, 6.07) is 3.19. The number of carbonyl (C=O) groups is 1. The van der Waals surface area contributed by atoms with E-state index >= 15 is 0 Å². The molecule has 0 aliphatic carbocycles. The molecule has 1 heterocycles. The molecule has 0 saturated carbocycles. The molecule has 0 unspecified atom stereocenters. The third-order valence-corrected chi connectivity index (χ3v) is 2.76. The number of amides is 1. The molecular formula is C13H21N3O. The van der Waals surface area contributed by atoms with Crippen molar-refractivity contribution in [1.82, 2.24) is 10.3 Å². The van der Waals surface area contributed by atoms with E-state index in [1.165, 1.54) is 0 Å². The number of nitrogens with zero attached hydrogens (tertiary/aromatic N) is 1. The fourth-order valence-corrected chi connectivity index (χ4v) is 1.41. The molecule has 0 spiro atoms. The minimum Gasteiger partial charge on any atom is -0.348 e. The van der Waals surface area contributed by atoms with Gasteiger partial charge in [-0.2, -0.15) is 0 Å². The van der Waals surface area contributed by atoms with E-state index in [-0.39, 0.29) is 17.4 Å². The minimum atomic E-state index is -0.512. The van der Waals surface area contributed by atoms with Crippen LogP contribution in [0.1, 0.15) is 39.3 Å². The SMILES string of the molecule is C[C@@H](NC(=O)[C@H](N)C(C)(C)C)c1cccnc1. The smallest absolute Gasteiger partial charge is 0.237 e. The Kier molecular flexibility index (Phi) is 4.23. The molecule has 17 heavy (non-hydrogen) atoms. The van der Waals surface area contributed by atoms with Crippen LogP contribution in [0.25, 0.3) is 0 Å². The van der Waals surface area contributed by atoms with Crippen molar-refractivity contribution in [1.29, 1.82) is 0 Å². The number of rotatable bonds is 3. The lowest BCUT2D eigenvalue weighted by Crippen LogP contribution is -2.49. The van der Waals surface area contributed by atoms with E-state index in [0.717, 1.165) is 5.56 Å². The quantitative estimate of drug-likeness (QED) is 0.836. The maximum absolute atomic E-state index is 11.9. The summed E-state index contributed by atoms with van der Waals surface area (Å²) in [5.74, 6) is -0.131. The topological polar surface area (TPSA) is 68.0 Å². The average Bonchev–Trinajstić information content (AvgIpc) is 2.27. The monoisotopic (exact) mass is 235 g/mol. The highest BCUT2D eigenvalue weighted by Crippen LogP contribution is 2.18. The standard InChI is InChI=1S/C13H21N3O/c1-9(10-6-5-7-15-8-10)16-12(17)11(14)13(2,3)4/h5-9,11H,14H2,1-4H3,(H,16,17)/t9-,11+/m1/s1. The van der Waals surface area contributed by atoms with Gasteiger partial charge in [0.25, 0.3) is 0 Å². The van der Waals surface area contributed by atoms with Crippen molar-refractivity contribution in [3.63, 3.8) is 0 Å². The molecule has 0 fully saturated rings. The Morgan fingerprint density at radius 1 is 1.47 bits per heavy atom. The van der Waals surface area contributed by atoms with Gasteiger partial charge in [-0.3, -0.25) is 9.78 Å². The van der Waals surface area contributed by atoms with Crippen LogP contribution < -0.4 is 11.1 Å². The summed E-state index contributed by atoms with van der Waals surface area (Å²) in [4.78, 5) is 15.9. The second-order valence-corrected chi connectivity index (χ2v) is 5.36. The van der Waals surface area contributed by atoms with E-state index in [9.17, 15) is 4.79 Å². The first kappa shape index (κ1) is 13.6. The molecule has 0 aliphatic heterocycles. The molecule has 2 atom stereocenters. The normalized spacial score (nSPS) is 15.1. The Bertz CT molecular complexity index is 370. The highest BCUT2D eigenvalue weighted by molar-refractivity contribution is 5.82. The molecular weight excluding hydrogens is 214 g/mol. The molecule has 1 aromatic heterocycles. The number of carbonyl (C=O) groups excluding carboxylic acids is 1. The van der Waals surface area contributed by atoms with Crippen LogP contribution >= 0.6 is 0 Å². The zero-order chi connectivity index (χ0) is 13.1. The van der Waals surface area contributed by atoms with E-state index in [1.807, 2.05) is 39.8 Å². The second kappa shape index (κ2) is 5.27.